The van der Waals surface area contributed by atoms with Crippen LogP contribution in [0.25, 0.3) is 0 Å². The number of benzene rings is 2. The molecule has 7 nitrogen and oxygen atoms in total. The lowest BCUT2D eigenvalue weighted by atomic mass is 9.83. The van der Waals surface area contributed by atoms with Gasteiger partial charge in [0, 0.05) is 29.5 Å². The van der Waals surface area contributed by atoms with Gasteiger partial charge in [0.1, 0.15) is 0 Å². The number of hydrogen-bond acceptors (Lipinski definition) is 5. The predicted octanol–water partition coefficient (Wildman–Crippen LogP) is 3.25. The summed E-state index contributed by atoms with van der Waals surface area (Å²) in [7, 11) is 0. The highest BCUT2D eigenvalue weighted by atomic mass is 16.5. The first kappa shape index (κ1) is 20.4. The van der Waals surface area contributed by atoms with Crippen LogP contribution in [-0.4, -0.2) is 28.6 Å². The highest BCUT2D eigenvalue weighted by Gasteiger charge is 2.31. The van der Waals surface area contributed by atoms with Crippen LogP contribution in [0, 0.1) is 0 Å². The first-order valence-corrected chi connectivity index (χ1v) is 9.57. The summed E-state index contributed by atoms with van der Waals surface area (Å²) >= 11 is 0. The van der Waals surface area contributed by atoms with Gasteiger partial charge in [0.2, 0.25) is 11.8 Å². The molecule has 0 aromatic heterocycles. The predicted molar refractivity (Wildman–Crippen MR) is 106 cm³/mol. The Balaban J connectivity index is 1.61. The highest BCUT2D eigenvalue weighted by molar-refractivity contribution is 6.30. The molecule has 0 atom stereocenters. The molecule has 0 bridgehead atoms. The number of amides is 2. The lowest BCUT2D eigenvalue weighted by Gasteiger charge is -2.20. The molecule has 0 unspecified atom stereocenters. The molecule has 0 fully saturated rings. The van der Waals surface area contributed by atoms with Crippen molar-refractivity contribution >= 4 is 29.1 Å². The fourth-order valence-corrected chi connectivity index (χ4v) is 3.44. The molecule has 0 aliphatic heterocycles. The summed E-state index contributed by atoms with van der Waals surface area (Å²) in [5.74, 6) is -1.14. The molecule has 7 heteroatoms. The quantitative estimate of drug-likeness (QED) is 0.308. The van der Waals surface area contributed by atoms with E-state index in [2.05, 4.69) is 5.32 Å². The second kappa shape index (κ2) is 9.25. The number of nitrogens with one attached hydrogen (secondary N) is 2. The molecular formula is C22H22N2O5. The maximum Gasteiger partial charge on any atom is 0.243 e. The van der Waals surface area contributed by atoms with Crippen molar-refractivity contribution < 1.29 is 24.4 Å². The Labute approximate surface area is 168 Å². The van der Waals surface area contributed by atoms with Crippen molar-refractivity contribution in [1.29, 1.82) is 0 Å². The van der Waals surface area contributed by atoms with Crippen LogP contribution < -0.4 is 10.8 Å². The topological polar surface area (TPSA) is 113 Å². The van der Waals surface area contributed by atoms with E-state index in [1.807, 2.05) is 0 Å². The smallest absolute Gasteiger partial charge is 0.243 e. The molecule has 2 amide bonds. The summed E-state index contributed by atoms with van der Waals surface area (Å²) in [6.07, 6.45) is 3.33. The van der Waals surface area contributed by atoms with Crippen LogP contribution in [0.1, 0.15) is 70.4 Å². The maximum atomic E-state index is 12.9. The zero-order valence-electron chi connectivity index (χ0n) is 15.9. The number of unbranched alkanes of at least 4 members (excludes halogenated alkanes) is 3. The molecule has 0 saturated heterocycles. The van der Waals surface area contributed by atoms with Crippen LogP contribution in [0.2, 0.25) is 0 Å². The number of rotatable bonds is 8. The largest absolute Gasteiger partial charge is 0.325 e. The van der Waals surface area contributed by atoms with Gasteiger partial charge in [-0.3, -0.25) is 24.4 Å². The number of carbonyl (C=O) groups is 4. The Hall–Kier alpha value is -3.32. The summed E-state index contributed by atoms with van der Waals surface area (Å²) in [6, 6.07) is 11.6. The molecular weight excluding hydrogens is 372 g/mol. The van der Waals surface area contributed by atoms with Gasteiger partial charge in [0.05, 0.1) is 11.3 Å². The van der Waals surface area contributed by atoms with Gasteiger partial charge in [-0.15, -0.1) is 0 Å². The van der Waals surface area contributed by atoms with E-state index in [4.69, 9.17) is 5.21 Å². The van der Waals surface area contributed by atoms with Crippen molar-refractivity contribution in [2.45, 2.75) is 38.5 Å². The van der Waals surface area contributed by atoms with Crippen LogP contribution >= 0.6 is 0 Å². The van der Waals surface area contributed by atoms with Crippen molar-refractivity contribution in [3.8, 4) is 0 Å². The van der Waals surface area contributed by atoms with E-state index >= 15 is 0 Å². The van der Waals surface area contributed by atoms with Gasteiger partial charge in [-0.2, -0.15) is 0 Å². The third kappa shape index (κ3) is 4.57. The highest BCUT2D eigenvalue weighted by Crippen LogP contribution is 2.32. The number of hydroxylamine groups is 1. The number of hydrogen-bond donors (Lipinski definition) is 3. The van der Waals surface area contributed by atoms with Gasteiger partial charge in [0.15, 0.2) is 11.6 Å². The second-order valence-electron chi connectivity index (χ2n) is 6.93. The molecule has 1 aliphatic rings. The fraction of sp³-hybridized carbons (Fsp3) is 0.273. The molecule has 3 rings (SSSR count). The average Bonchev–Trinajstić information content (AvgIpc) is 2.74. The molecule has 29 heavy (non-hydrogen) atoms. The SMILES string of the molecule is O=C(CCCCCCC(=O)Nc1cccc2c1C(=O)c1ccccc1C2=O)NO. The monoisotopic (exact) mass is 394 g/mol. The molecule has 0 heterocycles. The van der Waals surface area contributed by atoms with Crippen LogP contribution in [0.4, 0.5) is 5.69 Å². The van der Waals surface area contributed by atoms with Crippen molar-refractivity contribution in [2.24, 2.45) is 0 Å². The van der Waals surface area contributed by atoms with Gasteiger partial charge >= 0.3 is 0 Å². The second-order valence-corrected chi connectivity index (χ2v) is 6.93. The molecule has 0 radical (unpaired) electrons. The van der Waals surface area contributed by atoms with Crippen LogP contribution in [0.5, 0.6) is 0 Å². The molecule has 1 aliphatic carbocycles. The van der Waals surface area contributed by atoms with Crippen molar-refractivity contribution in [3.63, 3.8) is 0 Å². The normalized spacial score (nSPS) is 12.2. The maximum absolute atomic E-state index is 12.9. The first-order chi connectivity index (χ1) is 14.0. The van der Waals surface area contributed by atoms with Crippen LogP contribution in [0.3, 0.4) is 0 Å². The molecule has 0 saturated carbocycles. The molecule has 2 aromatic carbocycles. The van der Waals surface area contributed by atoms with Gasteiger partial charge in [-0.25, -0.2) is 5.48 Å². The van der Waals surface area contributed by atoms with E-state index in [1.165, 1.54) is 0 Å². The first-order valence-electron chi connectivity index (χ1n) is 9.57. The Kier molecular flexibility index (Phi) is 6.51. The number of fused-ring (bicyclic) bond motifs is 2. The van der Waals surface area contributed by atoms with Gasteiger partial charge in [-0.1, -0.05) is 49.2 Å². The van der Waals surface area contributed by atoms with E-state index in [1.54, 1.807) is 47.9 Å². The van der Waals surface area contributed by atoms with E-state index < -0.39 is 5.91 Å². The Bertz CT molecular complexity index is 967. The molecule has 150 valence electrons. The number of carbonyl (C=O) groups excluding carboxylic acids is 4. The minimum Gasteiger partial charge on any atom is -0.325 e. The molecule has 0 spiro atoms. The van der Waals surface area contributed by atoms with Crippen LogP contribution in [0.15, 0.2) is 42.5 Å². The Morgan fingerprint density at radius 1 is 0.724 bits per heavy atom. The minimum absolute atomic E-state index is 0.224. The van der Waals surface area contributed by atoms with Gasteiger partial charge in [0.25, 0.3) is 0 Å². The lowest BCUT2D eigenvalue weighted by Crippen LogP contribution is -2.23. The van der Waals surface area contributed by atoms with E-state index in [-0.39, 0.29) is 35.9 Å². The summed E-state index contributed by atoms with van der Waals surface area (Å²) in [5, 5.41) is 11.2. The van der Waals surface area contributed by atoms with Crippen LogP contribution in [-0.2, 0) is 9.59 Å². The Morgan fingerprint density at radius 2 is 1.31 bits per heavy atom. The van der Waals surface area contributed by atoms with E-state index in [0.717, 1.165) is 12.8 Å². The Morgan fingerprint density at radius 3 is 1.97 bits per heavy atom. The lowest BCUT2D eigenvalue weighted by molar-refractivity contribution is -0.129. The standard InChI is InChI=1S/C22H22N2O5/c25-18(12-3-1-2-4-13-19(26)24-29)23-17-11-7-10-16-20(17)22(28)15-9-6-5-8-14(15)21(16)27/h5-11,29H,1-4,12-13H2,(H,23,25)(H,24,26). The summed E-state index contributed by atoms with van der Waals surface area (Å²) < 4.78 is 0. The zero-order valence-corrected chi connectivity index (χ0v) is 15.9. The third-order valence-corrected chi connectivity index (χ3v) is 4.91. The fourth-order valence-electron chi connectivity index (χ4n) is 3.44. The van der Waals surface area contributed by atoms with Gasteiger partial charge < -0.3 is 5.32 Å². The van der Waals surface area contributed by atoms with Gasteiger partial charge in [-0.05, 0) is 18.9 Å². The molecule has 2 aromatic rings. The summed E-state index contributed by atoms with van der Waals surface area (Å²) in [6.45, 7) is 0. The van der Waals surface area contributed by atoms with E-state index in [0.29, 0.717) is 35.2 Å². The summed E-state index contributed by atoms with van der Waals surface area (Å²) in [4.78, 5) is 48.9. The van der Waals surface area contributed by atoms with Crippen molar-refractivity contribution in [2.75, 3.05) is 5.32 Å². The minimum atomic E-state index is -0.419. The summed E-state index contributed by atoms with van der Waals surface area (Å²) in [5.41, 5.74) is 3.19. The average molecular weight is 394 g/mol. The van der Waals surface area contributed by atoms with Crippen molar-refractivity contribution in [3.05, 3.63) is 64.7 Å². The number of anilines is 1. The number of ketones is 2. The van der Waals surface area contributed by atoms with Crippen molar-refractivity contribution in [1.82, 2.24) is 5.48 Å². The van der Waals surface area contributed by atoms with E-state index in [9.17, 15) is 19.2 Å². The molecule has 3 N–H and O–H groups in total. The zero-order chi connectivity index (χ0) is 20.8. The third-order valence-electron chi connectivity index (χ3n) is 4.91.